The van der Waals surface area contributed by atoms with Gasteiger partial charge in [-0.15, -0.1) is 11.6 Å². The molecule has 2 aromatic carbocycles. The Balaban J connectivity index is 2.38. The third-order valence-electron chi connectivity index (χ3n) is 3.36. The third kappa shape index (κ3) is 2.64. The summed E-state index contributed by atoms with van der Waals surface area (Å²) < 4.78 is 2.01. The van der Waals surface area contributed by atoms with Gasteiger partial charge in [0.1, 0.15) is 5.82 Å². The van der Waals surface area contributed by atoms with Crippen molar-refractivity contribution in [3.05, 3.63) is 57.8 Å². The molecular formula is C16H13Cl3N2. The molecule has 0 atom stereocenters. The quantitative estimate of drug-likeness (QED) is 0.582. The molecule has 108 valence electrons. The van der Waals surface area contributed by atoms with E-state index in [1.807, 2.05) is 47.9 Å². The van der Waals surface area contributed by atoms with E-state index in [0.29, 0.717) is 22.3 Å². The van der Waals surface area contributed by atoms with E-state index in [1.165, 1.54) is 0 Å². The number of aryl methyl sites for hydroxylation is 2. The van der Waals surface area contributed by atoms with Crippen molar-refractivity contribution >= 4 is 45.8 Å². The first kappa shape index (κ1) is 14.7. The smallest absolute Gasteiger partial charge is 0.115 e. The number of alkyl halides is 1. The fourth-order valence-electron chi connectivity index (χ4n) is 2.44. The summed E-state index contributed by atoms with van der Waals surface area (Å²) in [4.78, 5) is 4.65. The molecule has 0 amide bonds. The third-order valence-corrected chi connectivity index (χ3v) is 4.17. The number of halogens is 3. The molecule has 0 aliphatic carbocycles. The van der Waals surface area contributed by atoms with E-state index in [9.17, 15) is 0 Å². The van der Waals surface area contributed by atoms with Crippen LogP contribution in [0, 0.1) is 6.92 Å². The maximum atomic E-state index is 6.39. The molecule has 5 heteroatoms. The van der Waals surface area contributed by atoms with Crippen molar-refractivity contribution in [2.24, 2.45) is 0 Å². The van der Waals surface area contributed by atoms with Gasteiger partial charge < -0.3 is 0 Å². The average molecular weight is 340 g/mol. The Morgan fingerprint density at radius 2 is 1.90 bits per heavy atom. The van der Waals surface area contributed by atoms with Crippen LogP contribution in [0.3, 0.4) is 0 Å². The minimum absolute atomic E-state index is 0.490. The van der Waals surface area contributed by atoms with Crippen LogP contribution in [-0.4, -0.2) is 15.4 Å². The van der Waals surface area contributed by atoms with Crippen molar-refractivity contribution in [1.29, 1.82) is 0 Å². The maximum absolute atomic E-state index is 6.39. The summed E-state index contributed by atoms with van der Waals surface area (Å²) in [6.07, 6.45) is 0.650. The highest BCUT2D eigenvalue weighted by molar-refractivity contribution is 6.35. The van der Waals surface area contributed by atoms with E-state index in [1.54, 1.807) is 0 Å². The summed E-state index contributed by atoms with van der Waals surface area (Å²) in [5, 5.41) is 1.31. The highest BCUT2D eigenvalue weighted by Crippen LogP contribution is 2.31. The van der Waals surface area contributed by atoms with Gasteiger partial charge in [0.05, 0.1) is 26.8 Å². The van der Waals surface area contributed by atoms with Gasteiger partial charge >= 0.3 is 0 Å². The van der Waals surface area contributed by atoms with E-state index in [2.05, 4.69) is 4.98 Å². The Bertz CT molecular complexity index is 809. The largest absolute Gasteiger partial charge is 0.293 e. The van der Waals surface area contributed by atoms with Crippen molar-refractivity contribution < 1.29 is 0 Å². The molecule has 1 aromatic heterocycles. The monoisotopic (exact) mass is 338 g/mol. The van der Waals surface area contributed by atoms with Crippen molar-refractivity contribution in [3.8, 4) is 5.69 Å². The normalized spacial score (nSPS) is 11.2. The van der Waals surface area contributed by atoms with Crippen LogP contribution in [0.4, 0.5) is 0 Å². The summed E-state index contributed by atoms with van der Waals surface area (Å²) in [6, 6.07) is 11.6. The Kier molecular flexibility index (Phi) is 4.12. The van der Waals surface area contributed by atoms with Gasteiger partial charge in [-0.05, 0) is 36.8 Å². The molecule has 2 nitrogen and oxygen atoms in total. The number of aromatic nitrogens is 2. The highest BCUT2D eigenvalue weighted by Gasteiger charge is 2.16. The zero-order valence-electron chi connectivity index (χ0n) is 11.4. The van der Waals surface area contributed by atoms with Crippen LogP contribution in [0.5, 0.6) is 0 Å². The van der Waals surface area contributed by atoms with Crippen LogP contribution in [0.15, 0.2) is 36.4 Å². The fourth-order valence-corrected chi connectivity index (χ4v) is 3.06. The minimum atomic E-state index is 0.490. The van der Waals surface area contributed by atoms with Gasteiger partial charge in [0.2, 0.25) is 0 Å². The van der Waals surface area contributed by atoms with Gasteiger partial charge in [0, 0.05) is 12.3 Å². The lowest BCUT2D eigenvalue weighted by atomic mass is 10.2. The van der Waals surface area contributed by atoms with Crippen LogP contribution in [-0.2, 0) is 6.42 Å². The van der Waals surface area contributed by atoms with Gasteiger partial charge in [-0.2, -0.15) is 0 Å². The molecule has 0 fully saturated rings. The second-order valence-corrected chi connectivity index (χ2v) is 6.06. The van der Waals surface area contributed by atoms with Crippen molar-refractivity contribution in [3.63, 3.8) is 0 Å². The van der Waals surface area contributed by atoms with Gasteiger partial charge in [-0.1, -0.05) is 35.3 Å². The Morgan fingerprint density at radius 3 is 2.67 bits per heavy atom. The molecule has 0 spiro atoms. The fraction of sp³-hybridized carbons (Fsp3) is 0.188. The predicted octanol–water partition coefficient (Wildman–Crippen LogP) is 5.42. The van der Waals surface area contributed by atoms with Crippen LogP contribution >= 0.6 is 34.8 Å². The Morgan fingerprint density at radius 1 is 1.10 bits per heavy atom. The van der Waals surface area contributed by atoms with Crippen molar-refractivity contribution in [2.45, 2.75) is 13.3 Å². The maximum Gasteiger partial charge on any atom is 0.115 e. The zero-order chi connectivity index (χ0) is 15.0. The topological polar surface area (TPSA) is 17.8 Å². The molecule has 0 unspecified atom stereocenters. The molecule has 0 radical (unpaired) electrons. The molecule has 0 saturated carbocycles. The SMILES string of the molecule is Cc1ccc(Cl)c(-n2c(CCCl)nc3cccc(Cl)c32)c1. The van der Waals surface area contributed by atoms with E-state index < -0.39 is 0 Å². The van der Waals surface area contributed by atoms with E-state index in [4.69, 9.17) is 34.8 Å². The first-order valence-corrected chi connectivity index (χ1v) is 7.89. The lowest BCUT2D eigenvalue weighted by Gasteiger charge is -2.12. The van der Waals surface area contributed by atoms with Crippen molar-refractivity contribution in [1.82, 2.24) is 9.55 Å². The Hall–Kier alpha value is -1.22. The summed E-state index contributed by atoms with van der Waals surface area (Å²) in [5.74, 6) is 1.35. The molecule has 0 bridgehead atoms. The second-order valence-electron chi connectivity index (χ2n) is 4.86. The standard InChI is InChI=1S/C16H13Cl3N2/c1-10-5-6-11(18)14(9-10)21-15(7-8-17)20-13-4-2-3-12(19)16(13)21/h2-6,9H,7-8H2,1H3. The molecule has 21 heavy (non-hydrogen) atoms. The zero-order valence-corrected chi connectivity index (χ0v) is 13.7. The van der Waals surface area contributed by atoms with Crippen LogP contribution in [0.1, 0.15) is 11.4 Å². The van der Waals surface area contributed by atoms with E-state index >= 15 is 0 Å². The second kappa shape index (κ2) is 5.88. The molecule has 0 saturated heterocycles. The van der Waals surface area contributed by atoms with Gasteiger partial charge in [0.15, 0.2) is 0 Å². The molecule has 0 aliphatic rings. The Labute approximate surface area is 138 Å². The molecule has 0 N–H and O–H groups in total. The molecule has 1 heterocycles. The average Bonchev–Trinajstić information content (AvgIpc) is 2.81. The van der Waals surface area contributed by atoms with E-state index in [0.717, 1.165) is 28.1 Å². The van der Waals surface area contributed by atoms with Crippen LogP contribution in [0.2, 0.25) is 10.0 Å². The van der Waals surface area contributed by atoms with Crippen LogP contribution in [0.25, 0.3) is 16.7 Å². The van der Waals surface area contributed by atoms with Crippen molar-refractivity contribution in [2.75, 3.05) is 5.88 Å². The van der Waals surface area contributed by atoms with E-state index in [-0.39, 0.29) is 0 Å². The number of hydrogen-bond acceptors (Lipinski definition) is 1. The summed E-state index contributed by atoms with van der Waals surface area (Å²) >= 11 is 18.7. The molecule has 0 aliphatic heterocycles. The first-order valence-electron chi connectivity index (χ1n) is 6.60. The minimum Gasteiger partial charge on any atom is -0.293 e. The van der Waals surface area contributed by atoms with Gasteiger partial charge in [0.25, 0.3) is 0 Å². The summed E-state index contributed by atoms with van der Waals surface area (Å²) in [6.45, 7) is 2.03. The number of nitrogens with zero attached hydrogens (tertiary/aromatic N) is 2. The summed E-state index contributed by atoms with van der Waals surface area (Å²) in [5.41, 5.74) is 3.72. The predicted molar refractivity (Wildman–Crippen MR) is 90.3 cm³/mol. The molecule has 3 aromatic rings. The highest BCUT2D eigenvalue weighted by atomic mass is 35.5. The van der Waals surface area contributed by atoms with Gasteiger partial charge in [-0.25, -0.2) is 4.98 Å². The number of fused-ring (bicyclic) bond motifs is 1. The summed E-state index contributed by atoms with van der Waals surface area (Å²) in [7, 11) is 0. The number of rotatable bonds is 3. The lowest BCUT2D eigenvalue weighted by Crippen LogP contribution is -2.03. The first-order chi connectivity index (χ1) is 10.1. The molecular weight excluding hydrogens is 327 g/mol. The number of para-hydroxylation sites is 1. The molecule has 3 rings (SSSR count). The number of imidazole rings is 1. The lowest BCUT2D eigenvalue weighted by molar-refractivity contribution is 0.911. The van der Waals surface area contributed by atoms with Crippen LogP contribution < -0.4 is 0 Å². The van der Waals surface area contributed by atoms with Gasteiger partial charge in [-0.3, -0.25) is 4.57 Å². The number of hydrogen-bond donors (Lipinski definition) is 0. The number of benzene rings is 2.